The number of allylic oxidation sites excluding steroid dienone is 5. The van der Waals surface area contributed by atoms with E-state index in [0.717, 1.165) is 23.0 Å². The van der Waals surface area contributed by atoms with E-state index in [4.69, 9.17) is 0 Å². The minimum Gasteiger partial charge on any atom is -0.393 e. The number of hydrogen-bond acceptors (Lipinski definition) is 2. The Labute approximate surface area is 178 Å². The van der Waals surface area contributed by atoms with Gasteiger partial charge in [0.2, 0.25) is 0 Å². The van der Waals surface area contributed by atoms with Crippen LogP contribution in [0.15, 0.2) is 47.6 Å². The maximum atomic E-state index is 10.1. The lowest BCUT2D eigenvalue weighted by Crippen LogP contribution is -2.35. The summed E-state index contributed by atoms with van der Waals surface area (Å²) in [7, 11) is 0. The molecule has 2 N–H and O–H groups in total. The van der Waals surface area contributed by atoms with Gasteiger partial charge in [-0.2, -0.15) is 0 Å². The zero-order valence-electron chi connectivity index (χ0n) is 19.0. The lowest BCUT2D eigenvalue weighted by atomic mass is 9.61. The fourth-order valence-corrected chi connectivity index (χ4v) is 6.31. The molecule has 2 nitrogen and oxygen atoms in total. The lowest BCUT2D eigenvalue weighted by Gasteiger charge is -2.44. The molecule has 2 heteroatoms. The van der Waals surface area contributed by atoms with Crippen LogP contribution in [0.3, 0.4) is 0 Å². The summed E-state index contributed by atoms with van der Waals surface area (Å²) in [5.74, 6) is 2.81. The van der Waals surface area contributed by atoms with Crippen LogP contribution in [0.1, 0.15) is 79.1 Å². The maximum Gasteiger partial charge on any atom is 0.0811 e. The van der Waals surface area contributed by atoms with Gasteiger partial charge in [-0.25, -0.2) is 0 Å². The zero-order chi connectivity index (χ0) is 21.2. The highest BCUT2D eigenvalue weighted by molar-refractivity contribution is 5.38. The van der Waals surface area contributed by atoms with Crippen molar-refractivity contribution in [3.8, 4) is 0 Å². The summed E-state index contributed by atoms with van der Waals surface area (Å²) in [4.78, 5) is 0. The monoisotopic (exact) mass is 398 g/mol. The quantitative estimate of drug-likeness (QED) is 0.529. The SMILES string of the molecule is C=C1/C(=C/C=C2\CCC[C@]3(C)[C@@H]([C@H](C)/C=C\CC(C)C)CC[C@@H]23)C[C@@H](O)C[C@@H]1O. The highest BCUT2D eigenvalue weighted by Crippen LogP contribution is 2.59. The molecule has 3 saturated carbocycles. The molecule has 0 aliphatic heterocycles. The van der Waals surface area contributed by atoms with E-state index in [2.05, 4.69) is 58.6 Å². The Morgan fingerprint density at radius 3 is 2.66 bits per heavy atom. The zero-order valence-corrected chi connectivity index (χ0v) is 19.0. The smallest absolute Gasteiger partial charge is 0.0811 e. The Morgan fingerprint density at radius 1 is 1.17 bits per heavy atom. The average molecular weight is 399 g/mol. The summed E-state index contributed by atoms with van der Waals surface area (Å²) < 4.78 is 0. The Morgan fingerprint density at radius 2 is 1.93 bits per heavy atom. The predicted octanol–water partition coefficient (Wildman–Crippen LogP) is 6.37. The van der Waals surface area contributed by atoms with Gasteiger partial charge in [-0.05, 0) is 85.2 Å². The molecular formula is C27H42O2. The molecule has 3 rings (SSSR count). The minimum absolute atomic E-state index is 0.396. The molecule has 0 amide bonds. The van der Waals surface area contributed by atoms with Gasteiger partial charge < -0.3 is 10.2 Å². The second-order valence-electron chi connectivity index (χ2n) is 10.6. The number of aliphatic hydroxyl groups excluding tert-OH is 2. The second kappa shape index (κ2) is 9.35. The molecule has 0 saturated heterocycles. The van der Waals surface area contributed by atoms with Gasteiger partial charge in [0, 0.05) is 6.42 Å². The van der Waals surface area contributed by atoms with E-state index in [9.17, 15) is 10.2 Å². The molecule has 162 valence electrons. The summed E-state index contributed by atoms with van der Waals surface area (Å²) in [6.45, 7) is 13.6. The van der Waals surface area contributed by atoms with Crippen molar-refractivity contribution in [1.82, 2.24) is 0 Å². The molecule has 3 aliphatic rings. The Kier molecular flexibility index (Phi) is 7.27. The van der Waals surface area contributed by atoms with Gasteiger partial charge in [-0.1, -0.05) is 64.2 Å². The second-order valence-corrected chi connectivity index (χ2v) is 10.6. The van der Waals surface area contributed by atoms with Crippen molar-refractivity contribution in [3.63, 3.8) is 0 Å². The molecule has 29 heavy (non-hydrogen) atoms. The Hall–Kier alpha value is -1.12. The van der Waals surface area contributed by atoms with Crippen LogP contribution in [-0.4, -0.2) is 22.4 Å². The molecule has 0 heterocycles. The molecule has 0 aromatic rings. The number of hydrogen-bond donors (Lipinski definition) is 2. The normalized spacial score (nSPS) is 39.6. The van der Waals surface area contributed by atoms with Crippen molar-refractivity contribution in [2.24, 2.45) is 29.1 Å². The summed E-state index contributed by atoms with van der Waals surface area (Å²) in [5, 5.41) is 20.1. The van der Waals surface area contributed by atoms with E-state index in [0.29, 0.717) is 30.1 Å². The van der Waals surface area contributed by atoms with E-state index in [1.54, 1.807) is 5.57 Å². The first kappa shape index (κ1) is 22.6. The topological polar surface area (TPSA) is 40.5 Å². The Balaban J connectivity index is 1.75. The van der Waals surface area contributed by atoms with Crippen LogP contribution in [0.4, 0.5) is 0 Å². The van der Waals surface area contributed by atoms with Crippen molar-refractivity contribution < 1.29 is 10.2 Å². The van der Waals surface area contributed by atoms with Gasteiger partial charge in [0.05, 0.1) is 12.2 Å². The molecular weight excluding hydrogens is 356 g/mol. The number of aliphatic hydroxyl groups is 2. The highest BCUT2D eigenvalue weighted by atomic mass is 16.3. The van der Waals surface area contributed by atoms with Crippen LogP contribution < -0.4 is 0 Å². The van der Waals surface area contributed by atoms with Gasteiger partial charge >= 0.3 is 0 Å². The van der Waals surface area contributed by atoms with Gasteiger partial charge in [0.1, 0.15) is 0 Å². The minimum atomic E-state index is -0.602. The van der Waals surface area contributed by atoms with Gasteiger partial charge in [-0.3, -0.25) is 0 Å². The summed E-state index contributed by atoms with van der Waals surface area (Å²) >= 11 is 0. The Bertz CT molecular complexity index is 683. The molecule has 3 aliphatic carbocycles. The van der Waals surface area contributed by atoms with E-state index in [1.807, 2.05) is 0 Å². The third kappa shape index (κ3) is 4.97. The third-order valence-corrected chi connectivity index (χ3v) is 7.98. The molecule has 0 aromatic carbocycles. The third-order valence-electron chi connectivity index (χ3n) is 7.98. The van der Waals surface area contributed by atoms with Crippen molar-refractivity contribution in [1.29, 1.82) is 0 Å². The molecule has 3 fully saturated rings. The van der Waals surface area contributed by atoms with Crippen molar-refractivity contribution in [2.75, 3.05) is 0 Å². The van der Waals surface area contributed by atoms with Crippen LogP contribution in [0.25, 0.3) is 0 Å². The van der Waals surface area contributed by atoms with Gasteiger partial charge in [-0.15, -0.1) is 0 Å². The first-order valence-electron chi connectivity index (χ1n) is 11.8. The van der Waals surface area contributed by atoms with Crippen LogP contribution >= 0.6 is 0 Å². The van der Waals surface area contributed by atoms with Crippen LogP contribution in [0.5, 0.6) is 0 Å². The van der Waals surface area contributed by atoms with E-state index in [-0.39, 0.29) is 0 Å². The van der Waals surface area contributed by atoms with E-state index < -0.39 is 12.2 Å². The molecule has 0 radical (unpaired) electrons. The molecule has 0 unspecified atom stereocenters. The van der Waals surface area contributed by atoms with Crippen LogP contribution in [0.2, 0.25) is 0 Å². The van der Waals surface area contributed by atoms with E-state index in [1.165, 1.54) is 38.5 Å². The molecule has 0 spiro atoms. The van der Waals surface area contributed by atoms with Gasteiger partial charge in [0.15, 0.2) is 0 Å². The van der Waals surface area contributed by atoms with E-state index >= 15 is 0 Å². The van der Waals surface area contributed by atoms with Crippen molar-refractivity contribution in [2.45, 2.75) is 91.3 Å². The standard InChI is InChI=1S/C27H42O2/c1-18(2)8-6-9-19(3)24-13-14-25-21(10-7-15-27(24,25)5)11-12-22-16-23(28)17-26(29)20(22)4/h6,9,11-12,18-19,23-26,28-29H,4,7-8,10,13-17H2,1-3,5H3/b9-6-,21-11+,22-12+/t19-,23-,24-,25+,26+,27-/m1/s1. The summed E-state index contributed by atoms with van der Waals surface area (Å²) in [5.41, 5.74) is 3.79. The van der Waals surface area contributed by atoms with Crippen LogP contribution in [0, 0.1) is 29.1 Å². The van der Waals surface area contributed by atoms with Crippen molar-refractivity contribution >= 4 is 0 Å². The first-order valence-corrected chi connectivity index (χ1v) is 11.8. The number of fused-ring (bicyclic) bond motifs is 1. The lowest BCUT2D eigenvalue weighted by molar-refractivity contribution is 0.0862. The predicted molar refractivity (Wildman–Crippen MR) is 122 cm³/mol. The summed E-state index contributed by atoms with van der Waals surface area (Å²) in [6, 6.07) is 0. The molecule has 0 bridgehead atoms. The molecule has 6 atom stereocenters. The fraction of sp³-hybridized carbons (Fsp3) is 0.704. The van der Waals surface area contributed by atoms with Crippen LogP contribution in [-0.2, 0) is 0 Å². The van der Waals surface area contributed by atoms with Gasteiger partial charge in [0.25, 0.3) is 0 Å². The fourth-order valence-electron chi connectivity index (χ4n) is 6.31. The van der Waals surface area contributed by atoms with Crippen molar-refractivity contribution in [3.05, 3.63) is 47.6 Å². The highest BCUT2D eigenvalue weighted by Gasteiger charge is 2.50. The maximum absolute atomic E-state index is 10.1. The first-order chi connectivity index (χ1) is 13.7. The average Bonchev–Trinajstić information content (AvgIpc) is 3.00. The number of rotatable bonds is 5. The largest absolute Gasteiger partial charge is 0.393 e. The summed E-state index contributed by atoms with van der Waals surface area (Å²) in [6.07, 6.45) is 16.9. The molecule has 0 aromatic heterocycles.